The van der Waals surface area contributed by atoms with Crippen LogP contribution in [0.2, 0.25) is 0 Å². The molecule has 0 aliphatic carbocycles. The fourth-order valence-corrected chi connectivity index (χ4v) is 2.99. The van der Waals surface area contributed by atoms with Crippen LogP contribution in [0, 0.1) is 13.8 Å². The molecule has 0 saturated carbocycles. The van der Waals surface area contributed by atoms with Crippen molar-refractivity contribution in [1.82, 2.24) is 4.90 Å². The minimum Gasteiger partial charge on any atom is -0.488 e. The second kappa shape index (κ2) is 8.23. The highest BCUT2D eigenvalue weighted by molar-refractivity contribution is 5.67. The molecule has 5 nitrogen and oxygen atoms in total. The zero-order chi connectivity index (χ0) is 18.5. The number of aliphatic hydroxyl groups is 1. The molecule has 1 N–H and O–H groups in total. The number of carbonyl (C=O) groups is 1. The largest absolute Gasteiger partial charge is 0.488 e. The number of ether oxygens (including phenoxy) is 2. The first-order valence-electron chi connectivity index (χ1n) is 8.90. The molecule has 0 spiro atoms. The molecular formula is C21H25NO4. The van der Waals surface area contributed by atoms with Crippen molar-refractivity contribution in [2.75, 3.05) is 13.1 Å². The molecule has 2 atom stereocenters. The Bertz CT molecular complexity index is 747. The molecule has 0 unspecified atom stereocenters. The first kappa shape index (κ1) is 18.3. The zero-order valence-electron chi connectivity index (χ0n) is 15.2. The molecule has 138 valence electrons. The molecular weight excluding hydrogens is 330 g/mol. The van der Waals surface area contributed by atoms with Crippen LogP contribution in [0.1, 0.15) is 23.1 Å². The third-order valence-electron chi connectivity index (χ3n) is 4.75. The Balaban J connectivity index is 1.51. The highest BCUT2D eigenvalue weighted by Crippen LogP contribution is 2.22. The van der Waals surface area contributed by atoms with Crippen LogP contribution in [0.4, 0.5) is 4.79 Å². The maximum atomic E-state index is 12.2. The zero-order valence-corrected chi connectivity index (χ0v) is 15.2. The van der Waals surface area contributed by atoms with Gasteiger partial charge in [-0.1, -0.05) is 36.4 Å². The van der Waals surface area contributed by atoms with Crippen LogP contribution in [0.5, 0.6) is 5.75 Å². The minimum atomic E-state index is -0.741. The number of amides is 1. The summed E-state index contributed by atoms with van der Waals surface area (Å²) in [6.45, 7) is 5.02. The van der Waals surface area contributed by atoms with Crippen molar-refractivity contribution in [2.45, 2.75) is 39.1 Å². The fraction of sp³-hybridized carbons (Fsp3) is 0.381. The summed E-state index contributed by atoms with van der Waals surface area (Å²) in [7, 11) is 0. The van der Waals surface area contributed by atoms with Gasteiger partial charge in [-0.3, -0.25) is 0 Å². The SMILES string of the molecule is Cc1ccc(O[C@H]2CCN(C(=O)OCc3ccccc3)C[C@@H]2O)cc1C. The van der Waals surface area contributed by atoms with Crippen LogP contribution < -0.4 is 4.74 Å². The number of aryl methyl sites for hydroxylation is 2. The molecule has 2 aromatic rings. The molecule has 0 bridgehead atoms. The summed E-state index contributed by atoms with van der Waals surface area (Å²) in [6, 6.07) is 15.4. The third-order valence-corrected chi connectivity index (χ3v) is 4.75. The molecule has 2 aromatic carbocycles. The van der Waals surface area contributed by atoms with E-state index in [1.807, 2.05) is 62.4 Å². The summed E-state index contributed by atoms with van der Waals surface area (Å²) in [5, 5.41) is 10.4. The van der Waals surface area contributed by atoms with Gasteiger partial charge in [-0.25, -0.2) is 4.79 Å². The molecule has 1 heterocycles. The van der Waals surface area contributed by atoms with Gasteiger partial charge in [0.2, 0.25) is 0 Å². The van der Waals surface area contributed by atoms with Crippen LogP contribution >= 0.6 is 0 Å². The van der Waals surface area contributed by atoms with Gasteiger partial charge in [-0.05, 0) is 42.7 Å². The molecule has 1 amide bonds. The number of rotatable bonds is 4. The highest BCUT2D eigenvalue weighted by Gasteiger charge is 2.32. The molecule has 1 aliphatic rings. The molecule has 0 aromatic heterocycles. The number of nitrogens with zero attached hydrogens (tertiary/aromatic N) is 1. The number of benzene rings is 2. The number of hydrogen-bond acceptors (Lipinski definition) is 4. The van der Waals surface area contributed by atoms with E-state index in [1.165, 1.54) is 10.5 Å². The number of β-amino-alcohol motifs (C(OH)–C–C–N with tert-alkyl or cyclic N) is 1. The van der Waals surface area contributed by atoms with E-state index >= 15 is 0 Å². The standard InChI is InChI=1S/C21H25NO4/c1-15-8-9-18(12-16(15)2)26-20-10-11-22(13-19(20)23)21(24)25-14-17-6-4-3-5-7-17/h3-9,12,19-20,23H,10-11,13-14H2,1-2H3/t19-,20-/m0/s1. The van der Waals surface area contributed by atoms with E-state index in [1.54, 1.807) is 0 Å². The van der Waals surface area contributed by atoms with Gasteiger partial charge < -0.3 is 19.5 Å². The lowest BCUT2D eigenvalue weighted by molar-refractivity contribution is -0.0252. The fourth-order valence-electron chi connectivity index (χ4n) is 2.99. The number of carbonyl (C=O) groups excluding carboxylic acids is 1. The first-order valence-corrected chi connectivity index (χ1v) is 8.90. The molecule has 26 heavy (non-hydrogen) atoms. The molecule has 1 saturated heterocycles. The van der Waals surface area contributed by atoms with E-state index in [4.69, 9.17) is 9.47 Å². The maximum absolute atomic E-state index is 12.2. The molecule has 0 radical (unpaired) electrons. The van der Waals surface area contributed by atoms with Crippen molar-refractivity contribution < 1.29 is 19.4 Å². The Kier molecular flexibility index (Phi) is 5.78. The number of aliphatic hydroxyl groups excluding tert-OH is 1. The van der Waals surface area contributed by atoms with Crippen molar-refractivity contribution in [2.24, 2.45) is 0 Å². The van der Waals surface area contributed by atoms with Gasteiger partial charge >= 0.3 is 6.09 Å². The predicted molar refractivity (Wildman–Crippen MR) is 99.2 cm³/mol. The minimum absolute atomic E-state index is 0.211. The average molecular weight is 355 g/mol. The predicted octanol–water partition coefficient (Wildman–Crippen LogP) is 3.45. The number of piperidine rings is 1. The molecule has 1 aliphatic heterocycles. The van der Waals surface area contributed by atoms with Crippen molar-refractivity contribution in [3.8, 4) is 5.75 Å². The van der Waals surface area contributed by atoms with Gasteiger partial charge in [0, 0.05) is 13.0 Å². The smallest absolute Gasteiger partial charge is 0.410 e. The van der Waals surface area contributed by atoms with Gasteiger partial charge in [0.25, 0.3) is 0 Å². The molecule has 1 fully saturated rings. The van der Waals surface area contributed by atoms with E-state index in [-0.39, 0.29) is 19.3 Å². The van der Waals surface area contributed by atoms with Gasteiger partial charge in [0.05, 0.1) is 6.54 Å². The highest BCUT2D eigenvalue weighted by atomic mass is 16.6. The Morgan fingerprint density at radius 3 is 2.62 bits per heavy atom. The molecule has 3 rings (SSSR count). The van der Waals surface area contributed by atoms with Crippen LogP contribution in [0.25, 0.3) is 0 Å². The quantitative estimate of drug-likeness (QED) is 0.913. The van der Waals surface area contributed by atoms with E-state index in [2.05, 4.69) is 0 Å². The summed E-state index contributed by atoms with van der Waals surface area (Å²) in [6.07, 6.45) is -0.906. The Morgan fingerprint density at radius 1 is 1.15 bits per heavy atom. The second-order valence-corrected chi connectivity index (χ2v) is 6.74. The number of hydrogen-bond donors (Lipinski definition) is 1. The monoisotopic (exact) mass is 355 g/mol. The molecule has 5 heteroatoms. The second-order valence-electron chi connectivity index (χ2n) is 6.74. The van der Waals surface area contributed by atoms with Crippen molar-refractivity contribution in [3.63, 3.8) is 0 Å². The van der Waals surface area contributed by atoms with Gasteiger partial charge in [-0.2, -0.15) is 0 Å². The normalized spacial score (nSPS) is 19.9. The summed E-state index contributed by atoms with van der Waals surface area (Å²) < 4.78 is 11.3. The van der Waals surface area contributed by atoms with Gasteiger partial charge in [0.15, 0.2) is 0 Å². The van der Waals surface area contributed by atoms with Gasteiger partial charge in [-0.15, -0.1) is 0 Å². The van der Waals surface area contributed by atoms with Crippen molar-refractivity contribution >= 4 is 6.09 Å². The van der Waals surface area contributed by atoms with E-state index in [0.29, 0.717) is 13.0 Å². The Hall–Kier alpha value is -2.53. The Morgan fingerprint density at radius 2 is 1.92 bits per heavy atom. The first-order chi connectivity index (χ1) is 12.5. The average Bonchev–Trinajstić information content (AvgIpc) is 2.65. The van der Waals surface area contributed by atoms with E-state index in [9.17, 15) is 9.90 Å². The third kappa shape index (κ3) is 4.55. The van der Waals surface area contributed by atoms with Crippen LogP contribution in [0.3, 0.4) is 0 Å². The summed E-state index contributed by atoms with van der Waals surface area (Å²) in [5.41, 5.74) is 3.29. The van der Waals surface area contributed by atoms with Crippen LogP contribution in [-0.4, -0.2) is 41.4 Å². The van der Waals surface area contributed by atoms with Crippen LogP contribution in [0.15, 0.2) is 48.5 Å². The maximum Gasteiger partial charge on any atom is 0.410 e. The summed E-state index contributed by atoms with van der Waals surface area (Å²) in [4.78, 5) is 13.8. The topological polar surface area (TPSA) is 59.0 Å². The van der Waals surface area contributed by atoms with Crippen molar-refractivity contribution in [1.29, 1.82) is 0 Å². The lowest BCUT2D eigenvalue weighted by Gasteiger charge is -2.35. The lowest BCUT2D eigenvalue weighted by atomic mass is 10.0. The van der Waals surface area contributed by atoms with E-state index in [0.717, 1.165) is 16.9 Å². The number of likely N-dealkylation sites (tertiary alicyclic amines) is 1. The van der Waals surface area contributed by atoms with Crippen molar-refractivity contribution in [3.05, 3.63) is 65.2 Å². The summed E-state index contributed by atoms with van der Waals surface area (Å²) in [5.74, 6) is 0.747. The lowest BCUT2D eigenvalue weighted by Crippen LogP contribution is -2.51. The Labute approximate surface area is 154 Å². The van der Waals surface area contributed by atoms with E-state index < -0.39 is 12.2 Å². The van der Waals surface area contributed by atoms with Crippen LogP contribution in [-0.2, 0) is 11.3 Å². The van der Waals surface area contributed by atoms with Gasteiger partial charge in [0.1, 0.15) is 24.6 Å². The summed E-state index contributed by atoms with van der Waals surface area (Å²) >= 11 is 0.